The molecule has 30 heavy (non-hydrogen) atoms. The largest absolute Gasteiger partial charge is 0.354 e. The monoisotopic (exact) mass is 432 g/mol. The molecule has 2 aliphatic heterocycles. The molecule has 0 unspecified atom stereocenters. The van der Waals surface area contributed by atoms with Gasteiger partial charge in [-0.15, -0.1) is 0 Å². The lowest BCUT2D eigenvalue weighted by atomic mass is 10.1. The number of aromatic nitrogens is 2. The fourth-order valence-corrected chi connectivity index (χ4v) is 5.23. The van der Waals surface area contributed by atoms with Crippen LogP contribution < -0.4 is 9.80 Å². The maximum atomic E-state index is 12.9. The first-order valence-electron chi connectivity index (χ1n) is 10.0. The Labute approximate surface area is 175 Å². The van der Waals surface area contributed by atoms with E-state index in [2.05, 4.69) is 14.8 Å². The number of non-ortho nitro benzene ring substituents is 1. The number of rotatable bonds is 5. The fraction of sp³-hybridized carbons (Fsp3) is 0.474. The lowest BCUT2D eigenvalue weighted by molar-refractivity contribution is -0.384. The normalized spacial score (nSPS) is 18.4. The third-order valence-corrected chi connectivity index (χ3v) is 7.43. The molecule has 2 saturated heterocycles. The number of nitrogens with zero attached hydrogens (tertiary/aromatic N) is 6. The average molecular weight is 433 g/mol. The van der Waals surface area contributed by atoms with Crippen LogP contribution in [0.3, 0.4) is 0 Å². The van der Waals surface area contributed by atoms with E-state index in [4.69, 9.17) is 4.98 Å². The standard InChI is InChI=1S/C19H24N6O4S/c26-25(27)16-4-6-17(7-5-16)30(28,29)24-14-12-22(13-15-24)18-8-9-20-19(21-18)23-10-2-1-3-11-23/h4-9H,1-3,10-15H2. The van der Waals surface area contributed by atoms with Crippen LogP contribution in [0.15, 0.2) is 41.4 Å². The summed E-state index contributed by atoms with van der Waals surface area (Å²) in [7, 11) is -3.69. The Morgan fingerprint density at radius 1 is 0.867 bits per heavy atom. The van der Waals surface area contributed by atoms with E-state index in [0.717, 1.165) is 37.7 Å². The molecule has 2 fully saturated rings. The van der Waals surface area contributed by atoms with Crippen molar-refractivity contribution in [3.8, 4) is 0 Å². The highest BCUT2D eigenvalue weighted by Crippen LogP contribution is 2.23. The van der Waals surface area contributed by atoms with Crippen molar-refractivity contribution in [2.24, 2.45) is 0 Å². The summed E-state index contributed by atoms with van der Waals surface area (Å²) in [5.74, 6) is 1.53. The first kappa shape index (κ1) is 20.5. The summed E-state index contributed by atoms with van der Waals surface area (Å²) in [5, 5.41) is 10.8. The number of nitro groups is 1. The number of hydrogen-bond donors (Lipinski definition) is 0. The van der Waals surface area contributed by atoms with E-state index in [0.29, 0.717) is 26.2 Å². The molecule has 2 aromatic rings. The van der Waals surface area contributed by atoms with Gasteiger partial charge in [0.25, 0.3) is 5.69 Å². The summed E-state index contributed by atoms with van der Waals surface area (Å²) in [6, 6.07) is 6.86. The molecule has 0 aliphatic carbocycles. The molecule has 0 N–H and O–H groups in total. The van der Waals surface area contributed by atoms with E-state index >= 15 is 0 Å². The predicted octanol–water partition coefficient (Wildman–Crippen LogP) is 1.89. The molecule has 0 saturated carbocycles. The smallest absolute Gasteiger partial charge is 0.269 e. The topological polar surface area (TPSA) is 113 Å². The maximum absolute atomic E-state index is 12.9. The fourth-order valence-electron chi connectivity index (χ4n) is 3.81. The quantitative estimate of drug-likeness (QED) is 0.520. The predicted molar refractivity (Wildman–Crippen MR) is 112 cm³/mol. The molecule has 0 bridgehead atoms. The van der Waals surface area contributed by atoms with Gasteiger partial charge in [0.15, 0.2) is 0 Å². The van der Waals surface area contributed by atoms with Gasteiger partial charge >= 0.3 is 0 Å². The summed E-state index contributed by atoms with van der Waals surface area (Å²) in [6.45, 7) is 3.60. The van der Waals surface area contributed by atoms with Crippen molar-refractivity contribution in [2.45, 2.75) is 24.2 Å². The zero-order valence-electron chi connectivity index (χ0n) is 16.6. The zero-order valence-corrected chi connectivity index (χ0v) is 17.4. The average Bonchev–Trinajstić information content (AvgIpc) is 2.80. The van der Waals surface area contributed by atoms with Gasteiger partial charge in [-0.3, -0.25) is 10.1 Å². The second-order valence-electron chi connectivity index (χ2n) is 7.40. The molecule has 1 aromatic carbocycles. The van der Waals surface area contributed by atoms with Crippen LogP contribution >= 0.6 is 0 Å². The summed E-state index contributed by atoms with van der Waals surface area (Å²) >= 11 is 0. The molecular formula is C19H24N6O4S. The maximum Gasteiger partial charge on any atom is 0.269 e. The van der Waals surface area contributed by atoms with Gasteiger partial charge in [0.2, 0.25) is 16.0 Å². The first-order valence-corrected chi connectivity index (χ1v) is 11.5. The van der Waals surface area contributed by atoms with Crippen LogP contribution in [0.5, 0.6) is 0 Å². The third kappa shape index (κ3) is 4.21. The van der Waals surface area contributed by atoms with Crippen LogP contribution in [0.2, 0.25) is 0 Å². The van der Waals surface area contributed by atoms with Gasteiger partial charge in [-0.25, -0.2) is 13.4 Å². The van der Waals surface area contributed by atoms with Gasteiger partial charge in [-0.2, -0.15) is 9.29 Å². The van der Waals surface area contributed by atoms with E-state index in [1.54, 1.807) is 6.20 Å². The minimum Gasteiger partial charge on any atom is -0.354 e. The highest BCUT2D eigenvalue weighted by atomic mass is 32.2. The van der Waals surface area contributed by atoms with Gasteiger partial charge in [-0.1, -0.05) is 0 Å². The summed E-state index contributed by atoms with van der Waals surface area (Å²) in [6.07, 6.45) is 5.28. The molecule has 2 aliphatic rings. The van der Waals surface area contributed by atoms with Crippen LogP contribution in [0, 0.1) is 10.1 Å². The molecule has 0 amide bonds. The highest BCUT2D eigenvalue weighted by Gasteiger charge is 2.29. The molecule has 1 aromatic heterocycles. The Balaban J connectivity index is 1.42. The first-order chi connectivity index (χ1) is 14.4. The van der Waals surface area contributed by atoms with Crippen LogP contribution in [-0.2, 0) is 10.0 Å². The lowest BCUT2D eigenvalue weighted by Crippen LogP contribution is -2.49. The van der Waals surface area contributed by atoms with E-state index in [1.807, 2.05) is 6.07 Å². The van der Waals surface area contributed by atoms with Crippen molar-refractivity contribution in [1.82, 2.24) is 14.3 Å². The molecule has 10 nitrogen and oxygen atoms in total. The van der Waals surface area contributed by atoms with Crippen molar-refractivity contribution in [3.63, 3.8) is 0 Å². The molecule has 0 radical (unpaired) electrons. The second kappa shape index (κ2) is 8.52. The van der Waals surface area contributed by atoms with Gasteiger partial charge in [0, 0.05) is 57.6 Å². The minimum atomic E-state index is -3.69. The number of anilines is 2. The molecule has 3 heterocycles. The lowest BCUT2D eigenvalue weighted by Gasteiger charge is -2.35. The van der Waals surface area contributed by atoms with E-state index in [9.17, 15) is 18.5 Å². The minimum absolute atomic E-state index is 0.0657. The zero-order chi connectivity index (χ0) is 21.1. The number of nitro benzene ring substituents is 1. The Kier molecular flexibility index (Phi) is 5.82. The van der Waals surface area contributed by atoms with E-state index in [1.165, 1.54) is 35.0 Å². The van der Waals surface area contributed by atoms with Crippen molar-refractivity contribution in [2.75, 3.05) is 49.1 Å². The van der Waals surface area contributed by atoms with Crippen molar-refractivity contribution in [1.29, 1.82) is 0 Å². The summed E-state index contributed by atoms with van der Waals surface area (Å²) < 4.78 is 27.2. The van der Waals surface area contributed by atoms with Gasteiger partial charge in [-0.05, 0) is 37.5 Å². The van der Waals surface area contributed by atoms with Crippen molar-refractivity contribution < 1.29 is 13.3 Å². The van der Waals surface area contributed by atoms with Crippen LogP contribution in [0.25, 0.3) is 0 Å². The van der Waals surface area contributed by atoms with Gasteiger partial charge < -0.3 is 9.80 Å². The Morgan fingerprint density at radius 3 is 2.17 bits per heavy atom. The Bertz CT molecular complexity index is 1000. The molecular weight excluding hydrogens is 408 g/mol. The van der Waals surface area contributed by atoms with Crippen LogP contribution in [-0.4, -0.2) is 66.9 Å². The molecule has 11 heteroatoms. The Morgan fingerprint density at radius 2 is 1.53 bits per heavy atom. The van der Waals surface area contributed by atoms with Gasteiger partial charge in [0.1, 0.15) is 5.82 Å². The number of piperazine rings is 1. The molecule has 0 spiro atoms. The van der Waals surface area contributed by atoms with Crippen LogP contribution in [0.1, 0.15) is 19.3 Å². The molecule has 4 rings (SSSR count). The number of hydrogen-bond acceptors (Lipinski definition) is 8. The number of benzene rings is 1. The van der Waals surface area contributed by atoms with E-state index < -0.39 is 14.9 Å². The highest BCUT2D eigenvalue weighted by molar-refractivity contribution is 7.89. The van der Waals surface area contributed by atoms with Crippen LogP contribution in [0.4, 0.5) is 17.5 Å². The van der Waals surface area contributed by atoms with Crippen molar-refractivity contribution in [3.05, 3.63) is 46.6 Å². The Hall–Kier alpha value is -2.79. The molecule has 160 valence electrons. The van der Waals surface area contributed by atoms with Crippen molar-refractivity contribution >= 4 is 27.5 Å². The molecule has 0 atom stereocenters. The number of sulfonamides is 1. The number of piperidine rings is 1. The second-order valence-corrected chi connectivity index (χ2v) is 9.34. The van der Waals surface area contributed by atoms with E-state index in [-0.39, 0.29) is 10.6 Å². The summed E-state index contributed by atoms with van der Waals surface area (Å²) in [5.41, 5.74) is -0.132. The summed E-state index contributed by atoms with van der Waals surface area (Å²) in [4.78, 5) is 23.7. The third-order valence-electron chi connectivity index (χ3n) is 5.52. The van der Waals surface area contributed by atoms with Gasteiger partial charge in [0.05, 0.1) is 9.82 Å². The SMILES string of the molecule is O=[N+]([O-])c1ccc(S(=O)(=O)N2CCN(c3ccnc(N4CCCCC4)n3)CC2)cc1.